The summed E-state index contributed by atoms with van der Waals surface area (Å²) in [5.74, 6) is -1.04. The van der Waals surface area contributed by atoms with E-state index in [1.165, 1.54) is 6.07 Å². The SMILES string of the molecule is [NH3+]c1cccc(Cl)c1C(=O)O. The Bertz CT molecular complexity index is 278. The first-order chi connectivity index (χ1) is 5.13. The van der Waals surface area contributed by atoms with E-state index >= 15 is 0 Å². The van der Waals surface area contributed by atoms with Crippen LogP contribution in [0.3, 0.4) is 0 Å². The van der Waals surface area contributed by atoms with Gasteiger partial charge < -0.3 is 10.8 Å². The largest absolute Gasteiger partial charge is 0.477 e. The van der Waals surface area contributed by atoms with Crippen molar-refractivity contribution in [2.24, 2.45) is 0 Å². The Labute approximate surface area is 68.4 Å². The molecule has 0 aliphatic rings. The summed E-state index contributed by atoms with van der Waals surface area (Å²) >= 11 is 5.60. The molecular formula is C7H7ClNO2+. The normalized spacial score (nSPS) is 9.64. The molecule has 0 saturated carbocycles. The summed E-state index contributed by atoms with van der Waals surface area (Å²) in [6.07, 6.45) is 0. The maximum atomic E-state index is 10.5. The fourth-order valence-corrected chi connectivity index (χ4v) is 1.08. The molecule has 0 atom stereocenters. The minimum atomic E-state index is -1.04. The molecule has 1 rings (SSSR count). The molecule has 4 N–H and O–H groups in total. The summed E-state index contributed by atoms with van der Waals surface area (Å²) in [5, 5.41) is 8.85. The standard InChI is InChI=1S/C7H6ClNO2/c8-4-2-1-3-5(9)6(4)7(10)11/h1-3H,9H2,(H,10,11)/p+1. The highest BCUT2D eigenvalue weighted by Gasteiger charge is 2.13. The van der Waals surface area contributed by atoms with Crippen LogP contribution in [-0.2, 0) is 0 Å². The Hall–Kier alpha value is -1.06. The number of quaternary nitrogens is 1. The first-order valence-electron chi connectivity index (χ1n) is 2.96. The fourth-order valence-electron chi connectivity index (χ4n) is 0.808. The van der Waals surface area contributed by atoms with E-state index in [0.717, 1.165) is 0 Å². The highest BCUT2D eigenvalue weighted by atomic mass is 35.5. The van der Waals surface area contributed by atoms with Gasteiger partial charge in [0.2, 0.25) is 0 Å². The van der Waals surface area contributed by atoms with Gasteiger partial charge in [-0.15, -0.1) is 0 Å². The second kappa shape index (κ2) is 2.90. The summed E-state index contributed by atoms with van der Waals surface area (Å²) in [7, 11) is 0. The molecular weight excluding hydrogens is 166 g/mol. The van der Waals surface area contributed by atoms with Crippen molar-refractivity contribution >= 4 is 23.3 Å². The number of carbonyl (C=O) groups is 1. The number of carboxylic acid groups (broad SMARTS) is 1. The topological polar surface area (TPSA) is 64.9 Å². The van der Waals surface area contributed by atoms with Gasteiger partial charge in [-0.25, -0.2) is 4.79 Å². The Morgan fingerprint density at radius 1 is 1.55 bits per heavy atom. The highest BCUT2D eigenvalue weighted by Crippen LogP contribution is 2.19. The third kappa shape index (κ3) is 1.50. The van der Waals surface area contributed by atoms with Crippen LogP contribution in [0.1, 0.15) is 10.4 Å². The quantitative estimate of drug-likeness (QED) is 0.662. The highest BCUT2D eigenvalue weighted by molar-refractivity contribution is 6.34. The van der Waals surface area contributed by atoms with Gasteiger partial charge in [0.05, 0.1) is 5.02 Å². The Morgan fingerprint density at radius 3 is 2.55 bits per heavy atom. The van der Waals surface area contributed by atoms with Gasteiger partial charge in [0.1, 0.15) is 11.3 Å². The number of rotatable bonds is 1. The maximum absolute atomic E-state index is 10.5. The van der Waals surface area contributed by atoms with E-state index in [1.54, 1.807) is 12.1 Å². The van der Waals surface area contributed by atoms with Crippen LogP contribution in [0.25, 0.3) is 0 Å². The van der Waals surface area contributed by atoms with Crippen molar-refractivity contribution in [3.05, 3.63) is 28.8 Å². The van der Waals surface area contributed by atoms with Crippen molar-refractivity contribution in [1.29, 1.82) is 0 Å². The smallest absolute Gasteiger partial charge is 0.343 e. The van der Waals surface area contributed by atoms with Gasteiger partial charge in [0.15, 0.2) is 0 Å². The van der Waals surface area contributed by atoms with Gasteiger partial charge in [0, 0.05) is 0 Å². The number of aromatic carboxylic acids is 1. The molecule has 0 aliphatic carbocycles. The van der Waals surface area contributed by atoms with Crippen LogP contribution in [0, 0.1) is 0 Å². The predicted octanol–water partition coefficient (Wildman–Crippen LogP) is 0.912. The number of halogens is 1. The van der Waals surface area contributed by atoms with Crippen LogP contribution in [0.4, 0.5) is 5.69 Å². The first-order valence-corrected chi connectivity index (χ1v) is 3.34. The minimum Gasteiger partial charge on any atom is -0.477 e. The Morgan fingerprint density at radius 2 is 2.18 bits per heavy atom. The lowest BCUT2D eigenvalue weighted by Gasteiger charge is -1.97. The monoisotopic (exact) mass is 172 g/mol. The van der Waals surface area contributed by atoms with Gasteiger partial charge in [-0.3, -0.25) is 0 Å². The van der Waals surface area contributed by atoms with Gasteiger partial charge in [-0.1, -0.05) is 17.7 Å². The number of hydrogen-bond acceptors (Lipinski definition) is 1. The molecule has 0 amide bonds. The molecule has 4 heteroatoms. The minimum absolute atomic E-state index is 0.0779. The second-order valence-corrected chi connectivity index (χ2v) is 2.49. The van der Waals surface area contributed by atoms with Gasteiger partial charge in [-0.05, 0) is 12.1 Å². The molecule has 0 spiro atoms. The molecule has 0 radical (unpaired) electrons. The average molecular weight is 173 g/mol. The summed E-state index contributed by atoms with van der Waals surface area (Å²) in [4.78, 5) is 10.5. The Balaban J connectivity index is 3.32. The number of hydrogen-bond donors (Lipinski definition) is 2. The van der Waals surface area contributed by atoms with E-state index in [9.17, 15) is 4.79 Å². The maximum Gasteiger partial charge on any atom is 0.343 e. The van der Waals surface area contributed by atoms with Crippen LogP contribution < -0.4 is 5.73 Å². The molecule has 0 heterocycles. The zero-order valence-electron chi connectivity index (χ0n) is 5.67. The molecule has 0 unspecified atom stereocenters. The lowest BCUT2D eigenvalue weighted by molar-refractivity contribution is -0.255. The predicted molar refractivity (Wildman–Crippen MR) is 41.0 cm³/mol. The van der Waals surface area contributed by atoms with Crippen LogP contribution in [0.15, 0.2) is 18.2 Å². The van der Waals surface area contributed by atoms with Crippen molar-refractivity contribution in [2.45, 2.75) is 0 Å². The van der Waals surface area contributed by atoms with E-state index in [0.29, 0.717) is 5.69 Å². The van der Waals surface area contributed by atoms with Gasteiger partial charge in [-0.2, -0.15) is 0 Å². The molecule has 0 aromatic heterocycles. The summed E-state index contributed by atoms with van der Waals surface area (Å²) in [6, 6.07) is 4.80. The molecule has 3 nitrogen and oxygen atoms in total. The molecule has 0 saturated heterocycles. The first kappa shape index (κ1) is 8.04. The molecule has 1 aromatic carbocycles. The third-order valence-corrected chi connectivity index (χ3v) is 1.63. The molecule has 1 aromatic rings. The second-order valence-electron chi connectivity index (χ2n) is 2.08. The third-order valence-electron chi connectivity index (χ3n) is 1.31. The van der Waals surface area contributed by atoms with Gasteiger partial charge in [0.25, 0.3) is 0 Å². The summed E-state index contributed by atoms with van der Waals surface area (Å²) < 4.78 is 0. The van der Waals surface area contributed by atoms with E-state index in [4.69, 9.17) is 16.7 Å². The molecule has 0 aliphatic heterocycles. The van der Waals surface area contributed by atoms with E-state index in [1.807, 2.05) is 0 Å². The lowest BCUT2D eigenvalue weighted by atomic mass is 10.2. The molecule has 0 fully saturated rings. The number of benzene rings is 1. The number of carboxylic acids is 1. The van der Waals surface area contributed by atoms with E-state index in [-0.39, 0.29) is 10.6 Å². The fraction of sp³-hybridized carbons (Fsp3) is 0. The average Bonchev–Trinajstić information content (AvgIpc) is 1.85. The molecule has 11 heavy (non-hydrogen) atoms. The van der Waals surface area contributed by atoms with E-state index < -0.39 is 5.97 Å². The lowest BCUT2D eigenvalue weighted by Crippen LogP contribution is -2.42. The van der Waals surface area contributed by atoms with Crippen molar-refractivity contribution in [1.82, 2.24) is 0 Å². The van der Waals surface area contributed by atoms with Crippen molar-refractivity contribution in [3.63, 3.8) is 0 Å². The van der Waals surface area contributed by atoms with Crippen molar-refractivity contribution in [2.75, 3.05) is 0 Å². The van der Waals surface area contributed by atoms with Crippen LogP contribution in [0.5, 0.6) is 0 Å². The summed E-state index contributed by atoms with van der Waals surface area (Å²) in [6.45, 7) is 0. The van der Waals surface area contributed by atoms with E-state index in [2.05, 4.69) is 5.73 Å². The van der Waals surface area contributed by atoms with Crippen molar-refractivity contribution < 1.29 is 15.6 Å². The van der Waals surface area contributed by atoms with Crippen molar-refractivity contribution in [3.8, 4) is 0 Å². The zero-order chi connectivity index (χ0) is 8.43. The van der Waals surface area contributed by atoms with Crippen LogP contribution in [-0.4, -0.2) is 11.1 Å². The molecule has 0 bridgehead atoms. The Kier molecular flexibility index (Phi) is 2.12. The zero-order valence-corrected chi connectivity index (χ0v) is 6.43. The summed E-state index contributed by atoms with van der Waals surface area (Å²) in [5.41, 5.74) is 4.05. The van der Waals surface area contributed by atoms with Crippen LogP contribution >= 0.6 is 11.6 Å². The van der Waals surface area contributed by atoms with Crippen LogP contribution in [0.2, 0.25) is 5.02 Å². The molecule has 58 valence electrons. The van der Waals surface area contributed by atoms with Gasteiger partial charge >= 0.3 is 5.97 Å².